The molecule has 0 unspecified atom stereocenters. The summed E-state index contributed by atoms with van der Waals surface area (Å²) >= 11 is 0. The van der Waals surface area contributed by atoms with E-state index in [-0.39, 0.29) is 12.2 Å². The third kappa shape index (κ3) is 4.37. The first kappa shape index (κ1) is 21.5. The minimum Gasteiger partial charge on any atom is -0.465 e. The van der Waals surface area contributed by atoms with Crippen molar-refractivity contribution in [1.29, 1.82) is 0 Å². The number of alkyl halides is 3. The van der Waals surface area contributed by atoms with Crippen LogP contribution < -0.4 is 5.32 Å². The van der Waals surface area contributed by atoms with Gasteiger partial charge in [-0.3, -0.25) is 4.79 Å². The van der Waals surface area contributed by atoms with Crippen LogP contribution in [-0.4, -0.2) is 30.5 Å². The second-order valence-electron chi connectivity index (χ2n) is 7.26. The summed E-state index contributed by atoms with van der Waals surface area (Å²) in [7, 11) is 1.26. The van der Waals surface area contributed by atoms with Gasteiger partial charge in [-0.2, -0.15) is 13.2 Å². The average molecular weight is 396 g/mol. The lowest BCUT2D eigenvalue weighted by Gasteiger charge is -2.26. The fourth-order valence-electron chi connectivity index (χ4n) is 2.99. The van der Waals surface area contributed by atoms with Crippen LogP contribution in [0.3, 0.4) is 0 Å². The number of H-pyrrole nitrogens is 1. The molecule has 0 bridgehead atoms. The molecule has 0 fully saturated rings. The van der Waals surface area contributed by atoms with Crippen molar-refractivity contribution in [2.45, 2.75) is 39.3 Å². The number of esters is 1. The first-order chi connectivity index (χ1) is 12.9. The molecule has 2 N–H and O–H groups in total. The first-order valence-corrected chi connectivity index (χ1v) is 8.62. The molecular formula is C20H23F3N2O3. The lowest BCUT2D eigenvalue weighted by Crippen LogP contribution is -2.37. The van der Waals surface area contributed by atoms with E-state index >= 15 is 0 Å². The molecule has 0 radical (unpaired) electrons. The van der Waals surface area contributed by atoms with Gasteiger partial charge in [0.25, 0.3) is 5.91 Å². The third-order valence-electron chi connectivity index (χ3n) is 4.72. The van der Waals surface area contributed by atoms with Gasteiger partial charge in [0.15, 0.2) is 0 Å². The zero-order valence-electron chi connectivity index (χ0n) is 16.4. The maximum atomic E-state index is 13.0. The molecule has 1 heterocycles. The molecule has 0 aliphatic heterocycles. The Morgan fingerprint density at radius 2 is 1.75 bits per heavy atom. The number of hydrogen-bond donors (Lipinski definition) is 2. The topological polar surface area (TPSA) is 71.2 Å². The number of nitrogens with one attached hydrogen (secondary N) is 2. The highest BCUT2D eigenvalue weighted by Crippen LogP contribution is 2.32. The van der Waals surface area contributed by atoms with Crippen LogP contribution in [0.1, 0.15) is 57.1 Å². The second-order valence-corrected chi connectivity index (χ2v) is 7.26. The summed E-state index contributed by atoms with van der Waals surface area (Å²) in [6.45, 7) is 6.88. The van der Waals surface area contributed by atoms with Gasteiger partial charge in [0.2, 0.25) is 0 Å². The maximum Gasteiger partial charge on any atom is 0.416 e. The van der Waals surface area contributed by atoms with E-state index in [0.717, 1.165) is 12.1 Å². The summed E-state index contributed by atoms with van der Waals surface area (Å²) in [5.41, 5.74) is 0.464. The highest BCUT2D eigenvalue weighted by atomic mass is 19.4. The van der Waals surface area contributed by atoms with Crippen molar-refractivity contribution < 1.29 is 27.5 Å². The van der Waals surface area contributed by atoms with E-state index < -0.39 is 29.0 Å². The van der Waals surface area contributed by atoms with E-state index in [2.05, 4.69) is 10.3 Å². The Morgan fingerprint density at radius 3 is 2.32 bits per heavy atom. The Kier molecular flexibility index (Phi) is 5.91. The minimum atomic E-state index is -4.43. The molecule has 0 spiro atoms. The van der Waals surface area contributed by atoms with Gasteiger partial charge < -0.3 is 15.0 Å². The monoisotopic (exact) mass is 396 g/mol. The number of halogens is 3. The number of carbonyl (C=O) groups excluding carboxylic acids is 2. The van der Waals surface area contributed by atoms with Gasteiger partial charge in [0, 0.05) is 17.7 Å². The van der Waals surface area contributed by atoms with Crippen LogP contribution in [0.2, 0.25) is 0 Å². The van der Waals surface area contributed by atoms with Gasteiger partial charge in [-0.05, 0) is 31.0 Å². The number of hydrogen-bond acceptors (Lipinski definition) is 3. The molecule has 0 saturated carbocycles. The van der Waals surface area contributed by atoms with Crippen LogP contribution in [0.5, 0.6) is 0 Å². The van der Waals surface area contributed by atoms with E-state index in [1.807, 2.05) is 0 Å². The van der Waals surface area contributed by atoms with Gasteiger partial charge in [-0.1, -0.05) is 32.0 Å². The Morgan fingerprint density at radius 1 is 1.14 bits per heavy atom. The van der Waals surface area contributed by atoms with E-state index in [0.29, 0.717) is 22.4 Å². The zero-order chi connectivity index (χ0) is 21.3. The Labute approximate surface area is 161 Å². The Balaban J connectivity index is 2.20. The zero-order valence-corrected chi connectivity index (χ0v) is 16.4. The molecule has 0 saturated heterocycles. The normalized spacial score (nSPS) is 12.0. The number of aryl methyl sites for hydroxylation is 1. The van der Waals surface area contributed by atoms with Crippen LogP contribution in [0.4, 0.5) is 13.2 Å². The molecule has 1 aromatic heterocycles. The fourth-order valence-corrected chi connectivity index (χ4v) is 2.99. The summed E-state index contributed by atoms with van der Waals surface area (Å²) in [4.78, 5) is 27.3. The predicted molar refractivity (Wildman–Crippen MR) is 98.4 cm³/mol. The second kappa shape index (κ2) is 7.69. The lowest BCUT2D eigenvalue weighted by atomic mass is 9.83. The van der Waals surface area contributed by atoms with Crippen molar-refractivity contribution in [3.05, 3.63) is 57.9 Å². The van der Waals surface area contributed by atoms with Gasteiger partial charge >= 0.3 is 12.1 Å². The Hall–Kier alpha value is -2.77. The largest absolute Gasteiger partial charge is 0.465 e. The van der Waals surface area contributed by atoms with Crippen molar-refractivity contribution in [3.63, 3.8) is 0 Å². The number of methoxy groups -OCH3 is 1. The highest BCUT2D eigenvalue weighted by molar-refractivity contribution is 6.00. The molecule has 5 nitrogen and oxygen atoms in total. The number of carbonyl (C=O) groups is 2. The van der Waals surface area contributed by atoms with Crippen molar-refractivity contribution in [2.75, 3.05) is 13.7 Å². The van der Waals surface area contributed by atoms with E-state index in [1.165, 1.54) is 13.2 Å². The summed E-state index contributed by atoms with van der Waals surface area (Å²) < 4.78 is 43.6. The van der Waals surface area contributed by atoms with Crippen LogP contribution >= 0.6 is 0 Å². The fraction of sp³-hybridized carbons (Fsp3) is 0.400. The van der Waals surface area contributed by atoms with Crippen molar-refractivity contribution >= 4 is 11.9 Å². The summed E-state index contributed by atoms with van der Waals surface area (Å²) in [5, 5.41) is 2.73. The van der Waals surface area contributed by atoms with Crippen LogP contribution in [0.25, 0.3) is 0 Å². The number of aromatic nitrogens is 1. The molecule has 0 aliphatic carbocycles. The number of aromatic amines is 1. The molecule has 28 heavy (non-hydrogen) atoms. The van der Waals surface area contributed by atoms with Crippen molar-refractivity contribution in [1.82, 2.24) is 10.3 Å². The van der Waals surface area contributed by atoms with Gasteiger partial charge in [0.05, 0.1) is 18.2 Å². The van der Waals surface area contributed by atoms with E-state index in [9.17, 15) is 22.8 Å². The molecule has 1 aromatic carbocycles. The third-order valence-corrected chi connectivity index (χ3v) is 4.72. The van der Waals surface area contributed by atoms with Crippen molar-refractivity contribution in [2.24, 2.45) is 0 Å². The number of benzene rings is 1. The lowest BCUT2D eigenvalue weighted by molar-refractivity contribution is -0.137. The van der Waals surface area contributed by atoms with Gasteiger partial charge in [0.1, 0.15) is 5.69 Å². The molecule has 0 atom stereocenters. The molecule has 152 valence electrons. The van der Waals surface area contributed by atoms with E-state index in [1.54, 1.807) is 33.8 Å². The minimum absolute atomic E-state index is 0.109. The van der Waals surface area contributed by atoms with Crippen LogP contribution in [0.15, 0.2) is 24.3 Å². The molecule has 8 heteroatoms. The number of ether oxygens (including phenoxy) is 1. The van der Waals surface area contributed by atoms with E-state index in [4.69, 9.17) is 4.74 Å². The molecule has 1 amide bonds. The SMILES string of the molecule is COC(=O)c1c(C)[nH]c(C(=O)NCC(C)(C)c2cccc(C(F)(F)F)c2)c1C. The van der Waals surface area contributed by atoms with Crippen molar-refractivity contribution in [3.8, 4) is 0 Å². The number of rotatable bonds is 5. The van der Waals surface area contributed by atoms with Gasteiger partial charge in [-0.25, -0.2) is 4.79 Å². The predicted octanol–water partition coefficient (Wildman–Crippen LogP) is 4.14. The molecule has 2 aromatic rings. The maximum absolute atomic E-state index is 13.0. The standard InChI is InChI=1S/C20H23F3N2O3/c1-11-15(18(27)28-5)12(2)25-16(11)17(26)24-10-19(3,4)13-7-6-8-14(9-13)20(21,22)23/h6-9,25H,10H2,1-5H3,(H,24,26). The average Bonchev–Trinajstić information content (AvgIpc) is 2.93. The summed E-state index contributed by atoms with van der Waals surface area (Å²) in [5.74, 6) is -0.995. The summed E-state index contributed by atoms with van der Waals surface area (Å²) in [6, 6.07) is 5.05. The smallest absolute Gasteiger partial charge is 0.416 e. The summed E-state index contributed by atoms with van der Waals surface area (Å²) in [6.07, 6.45) is -4.43. The van der Waals surface area contributed by atoms with Crippen LogP contribution in [-0.2, 0) is 16.3 Å². The molecular weight excluding hydrogens is 373 g/mol. The molecule has 2 rings (SSSR count). The highest BCUT2D eigenvalue weighted by Gasteiger charge is 2.32. The Bertz CT molecular complexity index is 899. The van der Waals surface area contributed by atoms with Crippen LogP contribution in [0, 0.1) is 13.8 Å². The molecule has 0 aliphatic rings. The number of amides is 1. The quantitative estimate of drug-likeness (QED) is 0.746. The van der Waals surface area contributed by atoms with Gasteiger partial charge in [-0.15, -0.1) is 0 Å². The first-order valence-electron chi connectivity index (χ1n) is 8.62.